The summed E-state index contributed by atoms with van der Waals surface area (Å²) in [5.41, 5.74) is 2.86. The minimum atomic E-state index is -0.519. The van der Waals surface area contributed by atoms with Gasteiger partial charge in [-0.15, -0.1) is 0 Å². The van der Waals surface area contributed by atoms with Gasteiger partial charge in [0, 0.05) is 30.6 Å². The van der Waals surface area contributed by atoms with Gasteiger partial charge in [-0.05, 0) is 58.2 Å². The molecule has 0 aromatic carbocycles. The molecule has 1 unspecified atom stereocenters. The predicted molar refractivity (Wildman–Crippen MR) is 105 cm³/mol. The molecule has 0 radical (unpaired) electrons. The summed E-state index contributed by atoms with van der Waals surface area (Å²) in [5.74, 6) is -0.999. The van der Waals surface area contributed by atoms with Crippen LogP contribution in [0.5, 0.6) is 0 Å². The maximum absolute atomic E-state index is 12.9. The van der Waals surface area contributed by atoms with Gasteiger partial charge in [0.2, 0.25) is 0 Å². The lowest BCUT2D eigenvalue weighted by atomic mass is 10.1. The number of methoxy groups -OCH3 is 1. The molecule has 7 heteroatoms. The van der Waals surface area contributed by atoms with Crippen LogP contribution in [0.4, 0.5) is 0 Å². The van der Waals surface area contributed by atoms with Gasteiger partial charge in [0.25, 0.3) is 5.91 Å². The fourth-order valence-electron chi connectivity index (χ4n) is 3.39. The maximum Gasteiger partial charge on any atom is 0.325 e. The van der Waals surface area contributed by atoms with E-state index in [1.807, 2.05) is 26.0 Å². The van der Waals surface area contributed by atoms with Crippen LogP contribution in [-0.2, 0) is 25.6 Å². The molecule has 0 spiro atoms. The molecule has 7 nitrogen and oxygen atoms in total. The number of carbonyl (C=O) groups excluding carboxylic acids is 2. The van der Waals surface area contributed by atoms with Crippen LogP contribution in [0.2, 0.25) is 0 Å². The van der Waals surface area contributed by atoms with E-state index >= 15 is 0 Å². The van der Waals surface area contributed by atoms with Crippen molar-refractivity contribution in [3.05, 3.63) is 28.6 Å². The van der Waals surface area contributed by atoms with Crippen molar-refractivity contribution < 1.29 is 19.1 Å². The van der Waals surface area contributed by atoms with Crippen molar-refractivity contribution in [2.75, 3.05) is 20.3 Å². The Hall–Kier alpha value is -2.59. The zero-order valence-corrected chi connectivity index (χ0v) is 17.3. The van der Waals surface area contributed by atoms with Crippen LogP contribution in [0.15, 0.2) is 11.6 Å². The Bertz CT molecular complexity index is 795. The highest BCUT2D eigenvalue weighted by atomic mass is 16.5. The first-order valence-corrected chi connectivity index (χ1v) is 9.56. The number of aromatic nitrogens is 1. The molecule has 0 aliphatic carbocycles. The molecule has 2 heterocycles. The van der Waals surface area contributed by atoms with Crippen molar-refractivity contribution in [2.45, 2.75) is 59.2 Å². The number of nitrogens with zero attached hydrogens (tertiary/aromatic N) is 3. The lowest BCUT2D eigenvalue weighted by Gasteiger charge is -2.25. The van der Waals surface area contributed by atoms with Gasteiger partial charge in [-0.1, -0.05) is 0 Å². The second-order valence-corrected chi connectivity index (χ2v) is 7.34. The molecule has 0 N–H and O–H groups in total. The molecule has 1 aliphatic rings. The standard InChI is InChI=1S/C21H29N3O4/c1-14(2)23(13-20(25)27-5)21(26)18(11-22)10-17-9-15(3)24(16(17)4)12-19-7-6-8-28-19/h9-10,14,19H,6-8,12-13H2,1-5H3/b18-10+. The third-order valence-electron chi connectivity index (χ3n) is 5.09. The van der Waals surface area contributed by atoms with Crippen molar-refractivity contribution in [3.8, 4) is 6.07 Å². The fourth-order valence-corrected chi connectivity index (χ4v) is 3.39. The van der Waals surface area contributed by atoms with Crippen LogP contribution in [-0.4, -0.2) is 53.8 Å². The average Bonchev–Trinajstić information content (AvgIpc) is 3.27. The quantitative estimate of drug-likeness (QED) is 0.408. The average molecular weight is 387 g/mol. The Kier molecular flexibility index (Phi) is 7.41. The highest BCUT2D eigenvalue weighted by Gasteiger charge is 2.25. The van der Waals surface area contributed by atoms with E-state index in [9.17, 15) is 14.9 Å². The second-order valence-electron chi connectivity index (χ2n) is 7.34. The number of amides is 1. The Labute approximate surface area is 166 Å². The number of ether oxygens (including phenoxy) is 2. The number of hydrogen-bond acceptors (Lipinski definition) is 5. The van der Waals surface area contributed by atoms with E-state index in [1.165, 1.54) is 12.0 Å². The monoisotopic (exact) mass is 387 g/mol. The minimum absolute atomic E-state index is 0.00466. The van der Waals surface area contributed by atoms with E-state index in [0.717, 1.165) is 42.9 Å². The molecular formula is C21H29N3O4. The van der Waals surface area contributed by atoms with Crippen molar-refractivity contribution in [3.63, 3.8) is 0 Å². The Balaban J connectivity index is 2.29. The predicted octanol–water partition coefficient (Wildman–Crippen LogP) is 2.60. The van der Waals surface area contributed by atoms with Crippen molar-refractivity contribution in [1.82, 2.24) is 9.47 Å². The Morgan fingerprint density at radius 2 is 2.18 bits per heavy atom. The highest BCUT2D eigenvalue weighted by molar-refractivity contribution is 6.03. The summed E-state index contributed by atoms with van der Waals surface area (Å²) in [5, 5.41) is 9.57. The summed E-state index contributed by atoms with van der Waals surface area (Å²) in [6, 6.07) is 3.72. The molecule has 1 aromatic heterocycles. The molecule has 1 atom stereocenters. The molecule has 1 aromatic rings. The Morgan fingerprint density at radius 1 is 1.46 bits per heavy atom. The highest BCUT2D eigenvalue weighted by Crippen LogP contribution is 2.22. The van der Waals surface area contributed by atoms with Crippen LogP contribution in [0.3, 0.4) is 0 Å². The molecule has 1 saturated heterocycles. The van der Waals surface area contributed by atoms with Gasteiger partial charge in [-0.2, -0.15) is 5.26 Å². The van der Waals surface area contributed by atoms with Gasteiger partial charge >= 0.3 is 5.97 Å². The summed E-state index contributed by atoms with van der Waals surface area (Å²) in [4.78, 5) is 25.8. The molecule has 152 valence electrons. The molecule has 1 aliphatic heterocycles. The van der Waals surface area contributed by atoms with Crippen molar-refractivity contribution in [2.24, 2.45) is 0 Å². The first kappa shape index (κ1) is 21.7. The molecule has 1 amide bonds. The van der Waals surface area contributed by atoms with Gasteiger partial charge in [0.05, 0.1) is 13.2 Å². The van der Waals surface area contributed by atoms with E-state index in [1.54, 1.807) is 19.9 Å². The topological polar surface area (TPSA) is 84.6 Å². The zero-order valence-electron chi connectivity index (χ0n) is 17.3. The number of hydrogen-bond donors (Lipinski definition) is 0. The van der Waals surface area contributed by atoms with Gasteiger partial charge in [0.15, 0.2) is 0 Å². The summed E-state index contributed by atoms with van der Waals surface area (Å²) < 4.78 is 12.6. The van der Waals surface area contributed by atoms with Crippen LogP contribution in [0, 0.1) is 25.2 Å². The summed E-state index contributed by atoms with van der Waals surface area (Å²) in [6.07, 6.45) is 3.93. The number of esters is 1. The molecule has 2 rings (SSSR count). The maximum atomic E-state index is 12.9. The molecule has 0 bridgehead atoms. The van der Waals surface area contributed by atoms with Crippen molar-refractivity contribution >= 4 is 18.0 Å². The zero-order chi connectivity index (χ0) is 20.8. The summed E-state index contributed by atoms with van der Waals surface area (Å²) in [6.45, 7) is 8.94. The molecule has 0 saturated carbocycles. The van der Waals surface area contributed by atoms with Crippen LogP contribution in [0.25, 0.3) is 6.08 Å². The SMILES string of the molecule is COC(=O)CN(C(=O)/C(C#N)=C/c1cc(C)n(CC2CCCO2)c1C)C(C)C. The third kappa shape index (κ3) is 5.02. The minimum Gasteiger partial charge on any atom is -0.468 e. The van der Waals surface area contributed by atoms with Crippen LogP contribution < -0.4 is 0 Å². The molecule has 1 fully saturated rings. The number of nitriles is 1. The summed E-state index contributed by atoms with van der Waals surface area (Å²) in [7, 11) is 1.27. The lowest BCUT2D eigenvalue weighted by Crippen LogP contribution is -2.41. The molecule has 28 heavy (non-hydrogen) atoms. The smallest absolute Gasteiger partial charge is 0.325 e. The normalized spacial score (nSPS) is 16.9. The largest absolute Gasteiger partial charge is 0.468 e. The number of aryl methyl sites for hydroxylation is 1. The number of carbonyl (C=O) groups is 2. The third-order valence-corrected chi connectivity index (χ3v) is 5.09. The Morgan fingerprint density at radius 3 is 2.71 bits per heavy atom. The van der Waals surface area contributed by atoms with Crippen molar-refractivity contribution in [1.29, 1.82) is 5.26 Å². The van der Waals surface area contributed by atoms with E-state index in [4.69, 9.17) is 4.74 Å². The second kappa shape index (κ2) is 9.56. The van der Waals surface area contributed by atoms with Gasteiger partial charge in [-0.3, -0.25) is 9.59 Å². The van der Waals surface area contributed by atoms with Crippen LogP contribution in [0.1, 0.15) is 43.6 Å². The van der Waals surface area contributed by atoms with E-state index in [-0.39, 0.29) is 24.3 Å². The fraction of sp³-hybridized carbons (Fsp3) is 0.571. The van der Waals surface area contributed by atoms with Gasteiger partial charge in [0.1, 0.15) is 18.2 Å². The lowest BCUT2D eigenvalue weighted by molar-refractivity contribution is -0.146. The van der Waals surface area contributed by atoms with E-state index in [0.29, 0.717) is 0 Å². The van der Waals surface area contributed by atoms with Gasteiger partial charge < -0.3 is 18.9 Å². The number of rotatable bonds is 7. The molecular weight excluding hydrogens is 358 g/mol. The van der Waals surface area contributed by atoms with E-state index in [2.05, 4.69) is 9.30 Å². The van der Waals surface area contributed by atoms with Gasteiger partial charge in [-0.25, -0.2) is 0 Å². The summed E-state index contributed by atoms with van der Waals surface area (Å²) >= 11 is 0. The van der Waals surface area contributed by atoms with E-state index < -0.39 is 11.9 Å². The first-order chi connectivity index (χ1) is 13.3. The first-order valence-electron chi connectivity index (χ1n) is 9.56. The van der Waals surface area contributed by atoms with Crippen LogP contribution >= 0.6 is 0 Å².